The van der Waals surface area contributed by atoms with Gasteiger partial charge in [-0.2, -0.15) is 0 Å². The molecule has 0 unspecified atom stereocenters. The molecule has 1 aromatic rings. The van der Waals surface area contributed by atoms with Gasteiger partial charge in [0.2, 0.25) is 0 Å². The van der Waals surface area contributed by atoms with Crippen LogP contribution in [0.15, 0.2) is 30.3 Å². The molecule has 1 aromatic carbocycles. The molecule has 1 aliphatic rings. The first-order valence-electron chi connectivity index (χ1n) is 5.25. The minimum absolute atomic E-state index is 0.251. The zero-order valence-corrected chi connectivity index (χ0v) is 8.60. The molecule has 15 heavy (non-hydrogen) atoms. The third-order valence-electron chi connectivity index (χ3n) is 2.87. The number of carboxylic acid groups (broad SMARTS) is 1. The molecule has 3 nitrogen and oxygen atoms in total. The Morgan fingerprint density at radius 1 is 1.33 bits per heavy atom. The summed E-state index contributed by atoms with van der Waals surface area (Å²) in [5, 5.41) is 8.54. The van der Waals surface area contributed by atoms with E-state index in [4.69, 9.17) is 5.11 Å². The second-order valence-electron chi connectivity index (χ2n) is 4.01. The van der Waals surface area contributed by atoms with Crippen LogP contribution in [0.1, 0.15) is 17.9 Å². The molecule has 0 aliphatic carbocycles. The summed E-state index contributed by atoms with van der Waals surface area (Å²) in [6.07, 6.45) is 0.251. The van der Waals surface area contributed by atoms with Crippen molar-refractivity contribution in [3.8, 4) is 0 Å². The van der Waals surface area contributed by atoms with Gasteiger partial charge in [-0.05, 0) is 5.56 Å². The molecule has 0 radical (unpaired) electrons. The van der Waals surface area contributed by atoms with Gasteiger partial charge in [0.15, 0.2) is 0 Å². The van der Waals surface area contributed by atoms with E-state index < -0.39 is 5.97 Å². The van der Waals surface area contributed by atoms with E-state index >= 15 is 0 Å². The predicted octanol–water partition coefficient (Wildman–Crippen LogP) is 1.56. The van der Waals surface area contributed by atoms with Gasteiger partial charge in [0, 0.05) is 25.6 Å². The molecule has 1 heterocycles. The number of hydrogen-bond donors (Lipinski definition) is 1. The van der Waals surface area contributed by atoms with Gasteiger partial charge in [0.1, 0.15) is 0 Å². The summed E-state index contributed by atoms with van der Waals surface area (Å²) in [5.41, 5.74) is 1.36. The number of benzene rings is 1. The largest absolute Gasteiger partial charge is 0.481 e. The molecule has 2 rings (SSSR count). The molecule has 1 N–H and O–H groups in total. The molecular formula is C12H15NO2. The third kappa shape index (κ3) is 2.57. The summed E-state index contributed by atoms with van der Waals surface area (Å²) in [7, 11) is 0. The van der Waals surface area contributed by atoms with Gasteiger partial charge in [-0.1, -0.05) is 30.3 Å². The maximum atomic E-state index is 10.4. The molecule has 0 aromatic heterocycles. The SMILES string of the molecule is O=C(O)CCN1CC(c2ccccc2)C1. The summed E-state index contributed by atoms with van der Waals surface area (Å²) in [5.74, 6) is -0.113. The Balaban J connectivity index is 1.76. The van der Waals surface area contributed by atoms with E-state index in [1.807, 2.05) is 6.07 Å². The van der Waals surface area contributed by atoms with Crippen molar-refractivity contribution in [1.82, 2.24) is 4.90 Å². The molecule has 0 saturated carbocycles. The molecule has 1 aliphatic heterocycles. The Bertz CT molecular complexity index is 331. The number of aliphatic carboxylic acids is 1. The van der Waals surface area contributed by atoms with Gasteiger partial charge in [0.05, 0.1) is 6.42 Å². The van der Waals surface area contributed by atoms with Gasteiger partial charge in [-0.25, -0.2) is 0 Å². The maximum Gasteiger partial charge on any atom is 0.304 e. The fourth-order valence-corrected chi connectivity index (χ4v) is 1.94. The first-order valence-corrected chi connectivity index (χ1v) is 5.25. The van der Waals surface area contributed by atoms with Crippen LogP contribution in [0.5, 0.6) is 0 Å². The molecule has 0 amide bonds. The number of likely N-dealkylation sites (tertiary alicyclic amines) is 1. The summed E-state index contributed by atoms with van der Waals surface area (Å²) in [6.45, 7) is 2.67. The fraction of sp³-hybridized carbons (Fsp3) is 0.417. The van der Waals surface area contributed by atoms with E-state index in [2.05, 4.69) is 29.2 Å². The molecular weight excluding hydrogens is 190 g/mol. The summed E-state index contributed by atoms with van der Waals surface area (Å²) >= 11 is 0. The Kier molecular flexibility index (Phi) is 3.02. The minimum atomic E-state index is -0.710. The van der Waals surface area contributed by atoms with Gasteiger partial charge < -0.3 is 10.0 Å². The van der Waals surface area contributed by atoms with Crippen molar-refractivity contribution in [1.29, 1.82) is 0 Å². The molecule has 80 valence electrons. The van der Waals surface area contributed by atoms with E-state index in [0.29, 0.717) is 12.5 Å². The highest BCUT2D eigenvalue weighted by Gasteiger charge is 2.27. The Morgan fingerprint density at radius 2 is 2.00 bits per heavy atom. The predicted molar refractivity (Wildman–Crippen MR) is 57.9 cm³/mol. The molecule has 1 saturated heterocycles. The van der Waals surface area contributed by atoms with Crippen LogP contribution in [0.4, 0.5) is 0 Å². The van der Waals surface area contributed by atoms with Crippen LogP contribution in [0, 0.1) is 0 Å². The highest BCUT2D eigenvalue weighted by Crippen LogP contribution is 2.26. The summed E-state index contributed by atoms with van der Waals surface area (Å²) in [4.78, 5) is 12.6. The number of carboxylic acids is 1. The summed E-state index contributed by atoms with van der Waals surface area (Å²) < 4.78 is 0. The van der Waals surface area contributed by atoms with Gasteiger partial charge in [-0.3, -0.25) is 4.79 Å². The van der Waals surface area contributed by atoms with Crippen LogP contribution < -0.4 is 0 Å². The van der Waals surface area contributed by atoms with Crippen molar-refractivity contribution < 1.29 is 9.90 Å². The lowest BCUT2D eigenvalue weighted by atomic mass is 9.91. The highest BCUT2D eigenvalue weighted by molar-refractivity contribution is 5.66. The van der Waals surface area contributed by atoms with Crippen LogP contribution in [0.3, 0.4) is 0 Å². The van der Waals surface area contributed by atoms with E-state index in [-0.39, 0.29) is 6.42 Å². The third-order valence-corrected chi connectivity index (χ3v) is 2.87. The monoisotopic (exact) mass is 205 g/mol. The Morgan fingerprint density at radius 3 is 2.60 bits per heavy atom. The number of rotatable bonds is 4. The molecule has 0 bridgehead atoms. The first-order chi connectivity index (χ1) is 7.25. The maximum absolute atomic E-state index is 10.4. The topological polar surface area (TPSA) is 40.5 Å². The molecule has 1 fully saturated rings. The van der Waals surface area contributed by atoms with Gasteiger partial charge >= 0.3 is 5.97 Å². The normalized spacial score (nSPS) is 17.3. The second kappa shape index (κ2) is 4.45. The van der Waals surface area contributed by atoms with Crippen LogP contribution >= 0.6 is 0 Å². The zero-order chi connectivity index (χ0) is 10.7. The quantitative estimate of drug-likeness (QED) is 0.811. The zero-order valence-electron chi connectivity index (χ0n) is 8.60. The lowest BCUT2D eigenvalue weighted by molar-refractivity contribution is -0.137. The van der Waals surface area contributed by atoms with Crippen LogP contribution in [0.25, 0.3) is 0 Å². The van der Waals surface area contributed by atoms with E-state index in [1.165, 1.54) is 5.56 Å². The number of carbonyl (C=O) groups is 1. The smallest absolute Gasteiger partial charge is 0.304 e. The van der Waals surface area contributed by atoms with Crippen molar-refractivity contribution in [3.05, 3.63) is 35.9 Å². The highest BCUT2D eigenvalue weighted by atomic mass is 16.4. The second-order valence-corrected chi connectivity index (χ2v) is 4.01. The van der Waals surface area contributed by atoms with Crippen LogP contribution in [0.2, 0.25) is 0 Å². The minimum Gasteiger partial charge on any atom is -0.481 e. The first kappa shape index (κ1) is 10.2. The average molecular weight is 205 g/mol. The standard InChI is InChI=1S/C12H15NO2/c14-12(15)6-7-13-8-11(9-13)10-4-2-1-3-5-10/h1-5,11H,6-9H2,(H,14,15). The lowest BCUT2D eigenvalue weighted by Crippen LogP contribution is -2.45. The van der Waals surface area contributed by atoms with Crippen LogP contribution in [-0.4, -0.2) is 35.6 Å². The molecule has 0 atom stereocenters. The Labute approximate surface area is 89.3 Å². The molecule has 0 spiro atoms. The Hall–Kier alpha value is -1.35. The van der Waals surface area contributed by atoms with Gasteiger partial charge in [0.25, 0.3) is 0 Å². The van der Waals surface area contributed by atoms with E-state index in [1.54, 1.807) is 0 Å². The van der Waals surface area contributed by atoms with E-state index in [0.717, 1.165) is 13.1 Å². The van der Waals surface area contributed by atoms with Crippen molar-refractivity contribution in [2.75, 3.05) is 19.6 Å². The van der Waals surface area contributed by atoms with Crippen molar-refractivity contribution in [2.24, 2.45) is 0 Å². The van der Waals surface area contributed by atoms with E-state index in [9.17, 15) is 4.79 Å². The van der Waals surface area contributed by atoms with Crippen molar-refractivity contribution in [2.45, 2.75) is 12.3 Å². The average Bonchev–Trinajstić information content (AvgIpc) is 2.16. The van der Waals surface area contributed by atoms with Crippen molar-refractivity contribution in [3.63, 3.8) is 0 Å². The van der Waals surface area contributed by atoms with Crippen LogP contribution in [-0.2, 0) is 4.79 Å². The number of nitrogens with zero attached hydrogens (tertiary/aromatic N) is 1. The van der Waals surface area contributed by atoms with Crippen molar-refractivity contribution >= 4 is 5.97 Å². The fourth-order valence-electron chi connectivity index (χ4n) is 1.94. The molecule has 3 heteroatoms. The lowest BCUT2D eigenvalue weighted by Gasteiger charge is -2.39. The number of hydrogen-bond acceptors (Lipinski definition) is 2. The van der Waals surface area contributed by atoms with Gasteiger partial charge in [-0.15, -0.1) is 0 Å². The summed E-state index contributed by atoms with van der Waals surface area (Å²) in [6, 6.07) is 10.4.